The standard InChI is InChI=1S/C138H142N4/c1-89-62-69-115-116-70-65-93(92-44-37-49-108(77-92)139(109-84-101(133(11,12)13)81-102(85-109)134(14,15)16)123-59-34-30-51-113(123)117-55-39-43-91-42-38-54-112(129(91)117)95-73-98(130(2,3)4)80-99(74-95)131(5,6)7)79-128(116)141(127(115)72-89)107-67-63-90(64-68-107)88-137(23,24)105-76-96(75-100(83-105)132(8,9)10)120-56-40-45-97-46-41-57-121(138(97,120)25)118-53-32-36-61-125(118)142(110-86-103(135(17,18)19)82-104(87-110)136(20,21)22)122-58-33-29-50-111(122)94-66-71-126-119(78-94)114-52-31-35-60-124(114)140(126)106-47-27-26-28-48-106/h26-71,73-87,89,121H,72,88H2,1-25H3. The van der Waals surface area contributed by atoms with E-state index in [1.54, 1.807) is 0 Å². The highest BCUT2D eigenvalue weighted by Crippen LogP contribution is 2.60. The van der Waals surface area contributed by atoms with Crippen LogP contribution in [0.25, 0.3) is 111 Å². The summed E-state index contributed by atoms with van der Waals surface area (Å²) in [7, 11) is 0. The molecular formula is C138H142N4. The van der Waals surface area contributed by atoms with E-state index in [1.807, 2.05) is 0 Å². The first-order valence-corrected chi connectivity index (χ1v) is 51.8. The van der Waals surface area contributed by atoms with Gasteiger partial charge >= 0.3 is 0 Å². The second kappa shape index (κ2) is 35.7. The summed E-state index contributed by atoms with van der Waals surface area (Å²) in [6, 6.07) is 125. The van der Waals surface area contributed by atoms with Crippen molar-refractivity contribution in [3.63, 3.8) is 0 Å². The van der Waals surface area contributed by atoms with Crippen LogP contribution in [0, 0.1) is 11.3 Å². The summed E-state index contributed by atoms with van der Waals surface area (Å²) in [5.74, 6) is 0.292. The monoisotopic (exact) mass is 1860 g/mol. The van der Waals surface area contributed by atoms with Gasteiger partial charge in [0.2, 0.25) is 0 Å². The van der Waals surface area contributed by atoms with Crippen LogP contribution in [0.3, 0.4) is 0 Å². The number of hydrogen-bond acceptors (Lipinski definition) is 2. The molecule has 0 amide bonds. The molecule has 4 heteroatoms. The third-order valence-electron chi connectivity index (χ3n) is 31.1. The molecule has 0 saturated heterocycles. The predicted molar refractivity (Wildman–Crippen MR) is 614 cm³/mol. The van der Waals surface area contributed by atoms with Crippen LogP contribution in [0.5, 0.6) is 0 Å². The van der Waals surface area contributed by atoms with Crippen LogP contribution in [0.1, 0.15) is 251 Å². The maximum absolute atomic E-state index is 2.63. The van der Waals surface area contributed by atoms with E-state index in [2.05, 4.69) is 562 Å². The first-order chi connectivity index (χ1) is 67.3. The van der Waals surface area contributed by atoms with E-state index in [-0.39, 0.29) is 49.2 Å². The molecule has 15 aromatic carbocycles. The summed E-state index contributed by atoms with van der Waals surface area (Å²) in [5.41, 5.74) is 40.3. The fourth-order valence-electron chi connectivity index (χ4n) is 22.5. The summed E-state index contributed by atoms with van der Waals surface area (Å²) in [4.78, 5) is 5.20. The Morgan fingerprint density at radius 2 is 0.810 bits per heavy atom. The Balaban J connectivity index is 0.662. The van der Waals surface area contributed by atoms with Gasteiger partial charge in [-0.1, -0.05) is 440 Å². The zero-order valence-electron chi connectivity index (χ0n) is 88.6. The van der Waals surface area contributed by atoms with Crippen molar-refractivity contribution in [2.75, 3.05) is 9.80 Å². The molecule has 2 heterocycles. The number of allylic oxidation sites excluding steroid dienone is 9. The van der Waals surface area contributed by atoms with Crippen molar-refractivity contribution in [2.45, 2.75) is 235 Å². The van der Waals surface area contributed by atoms with E-state index in [0.29, 0.717) is 5.92 Å². The molecule has 0 bridgehead atoms. The Morgan fingerprint density at radius 3 is 1.44 bits per heavy atom. The molecular weight excluding hydrogens is 1710 g/mol. The summed E-state index contributed by atoms with van der Waals surface area (Å²) < 4.78 is 5.02. The molecule has 0 spiro atoms. The van der Waals surface area contributed by atoms with Crippen LogP contribution < -0.4 is 9.80 Å². The first kappa shape index (κ1) is 95.7. The molecule has 0 N–H and O–H groups in total. The second-order valence-corrected chi connectivity index (χ2v) is 49.2. The molecule has 3 aliphatic carbocycles. The molecule has 3 unspecified atom stereocenters. The molecule has 3 aliphatic rings. The lowest BCUT2D eigenvalue weighted by Crippen LogP contribution is -2.32. The minimum atomic E-state index is -0.506. The summed E-state index contributed by atoms with van der Waals surface area (Å²) in [6.45, 7) is 59.4. The fourth-order valence-corrected chi connectivity index (χ4v) is 22.5. The van der Waals surface area contributed by atoms with Crippen molar-refractivity contribution >= 4 is 89.3 Å². The van der Waals surface area contributed by atoms with Crippen LogP contribution in [-0.2, 0) is 56.2 Å². The topological polar surface area (TPSA) is 16.3 Å². The molecule has 0 aliphatic heterocycles. The summed E-state index contributed by atoms with van der Waals surface area (Å²) in [6.07, 6.45) is 21.0. The van der Waals surface area contributed by atoms with Gasteiger partial charge in [-0.05, 0) is 282 Å². The van der Waals surface area contributed by atoms with Crippen LogP contribution in [0.15, 0.2) is 370 Å². The molecule has 0 fully saturated rings. The molecule has 3 atom stereocenters. The number of benzene rings is 15. The lowest BCUT2D eigenvalue weighted by atomic mass is 9.59. The van der Waals surface area contributed by atoms with Gasteiger partial charge in [-0.3, -0.25) is 0 Å². The average molecular weight is 1860 g/mol. The third kappa shape index (κ3) is 17.9. The van der Waals surface area contributed by atoms with Crippen molar-refractivity contribution in [3.05, 3.63) is 442 Å². The predicted octanol–water partition coefficient (Wildman–Crippen LogP) is 38.5. The van der Waals surface area contributed by atoms with Gasteiger partial charge in [-0.15, -0.1) is 0 Å². The smallest absolute Gasteiger partial charge is 0.0543 e. The zero-order valence-corrected chi connectivity index (χ0v) is 88.6. The van der Waals surface area contributed by atoms with Crippen molar-refractivity contribution in [2.24, 2.45) is 11.3 Å². The number of fused-ring (bicyclic) bond motifs is 8. The van der Waals surface area contributed by atoms with Crippen molar-refractivity contribution in [3.8, 4) is 55.9 Å². The SMILES string of the molecule is CC1C=Cc2c(n(-c3ccc(CC(C)(C)c4cc(C5=CC=CC6=CC=CC(c7ccccc7N(c7cc(C(C)(C)C)cc(C(C)(C)C)c7)c7ccccc7-c7ccc8c(c7)c7ccccc7n8-c7ccccc7)C65C)cc(C(C)(C)C)c4)cc3)c3cc(-c4cccc(N(c5cc(C(C)(C)C)cc(C(C)(C)C)c5)c5ccccc5-c5cccc6cccc(-c7cc(C(C)(C)C)cc(C(C)(C)C)c7)c56)c4)ccc23)C1. The Kier molecular flexibility index (Phi) is 24.1. The van der Waals surface area contributed by atoms with Gasteiger partial charge in [0.05, 0.1) is 27.9 Å². The van der Waals surface area contributed by atoms with Gasteiger partial charge in [0, 0.05) is 84.0 Å². The number of rotatable bonds is 17. The van der Waals surface area contributed by atoms with Crippen LogP contribution in [0.4, 0.5) is 34.1 Å². The van der Waals surface area contributed by atoms with E-state index < -0.39 is 5.41 Å². The Morgan fingerprint density at radius 1 is 0.317 bits per heavy atom. The maximum atomic E-state index is 2.63. The van der Waals surface area contributed by atoms with Crippen molar-refractivity contribution in [1.29, 1.82) is 0 Å². The van der Waals surface area contributed by atoms with E-state index in [9.17, 15) is 0 Å². The van der Waals surface area contributed by atoms with Crippen molar-refractivity contribution < 1.29 is 0 Å². The lowest BCUT2D eigenvalue weighted by molar-refractivity contribution is 0.477. The zero-order chi connectivity index (χ0) is 100. The number of nitrogens with zero attached hydrogens (tertiary/aromatic N) is 4. The minimum Gasteiger partial charge on any atom is -0.313 e. The van der Waals surface area contributed by atoms with Gasteiger partial charge in [-0.2, -0.15) is 0 Å². The maximum Gasteiger partial charge on any atom is 0.0543 e. The number of hydrogen-bond donors (Lipinski definition) is 0. The van der Waals surface area contributed by atoms with E-state index in [1.165, 1.54) is 161 Å². The highest BCUT2D eigenvalue weighted by atomic mass is 15.2. The Bertz CT molecular complexity index is 7880. The number of anilines is 6. The van der Waals surface area contributed by atoms with E-state index in [0.717, 1.165) is 69.3 Å². The third-order valence-corrected chi connectivity index (χ3v) is 31.1. The van der Waals surface area contributed by atoms with Crippen LogP contribution in [0.2, 0.25) is 0 Å². The fraction of sp³-hybridized carbons (Fsp3) is 0.275. The Labute approximate surface area is 846 Å². The van der Waals surface area contributed by atoms with Gasteiger partial charge in [-0.25, -0.2) is 0 Å². The molecule has 142 heavy (non-hydrogen) atoms. The molecule has 17 aromatic rings. The van der Waals surface area contributed by atoms with Crippen LogP contribution in [-0.4, -0.2) is 9.13 Å². The summed E-state index contributed by atoms with van der Waals surface area (Å²) >= 11 is 0. The lowest BCUT2D eigenvalue weighted by Gasteiger charge is -2.45. The highest BCUT2D eigenvalue weighted by molar-refractivity contribution is 6.12. The van der Waals surface area contributed by atoms with Gasteiger partial charge in [0.1, 0.15) is 0 Å². The van der Waals surface area contributed by atoms with E-state index in [4.69, 9.17) is 0 Å². The molecule has 20 rings (SSSR count). The molecule has 0 radical (unpaired) electrons. The quantitative estimate of drug-likeness (QED) is 0.0903. The Hall–Kier alpha value is -13.8. The second-order valence-electron chi connectivity index (χ2n) is 49.2. The van der Waals surface area contributed by atoms with Crippen LogP contribution >= 0.6 is 0 Å². The average Bonchev–Trinajstić information content (AvgIpc) is 0.847. The highest BCUT2D eigenvalue weighted by Gasteiger charge is 2.45. The number of para-hydroxylation sites is 5. The van der Waals surface area contributed by atoms with Crippen molar-refractivity contribution in [1.82, 2.24) is 9.13 Å². The normalized spacial score (nSPS) is 16.0. The first-order valence-electron chi connectivity index (χ1n) is 51.8. The molecule has 2 aromatic heterocycles. The van der Waals surface area contributed by atoms with Gasteiger partial charge in [0.25, 0.3) is 0 Å². The van der Waals surface area contributed by atoms with Gasteiger partial charge < -0.3 is 18.9 Å². The minimum absolute atomic E-state index is 0.0477. The molecule has 4 nitrogen and oxygen atoms in total. The number of aromatic nitrogens is 2. The molecule has 714 valence electrons. The summed E-state index contributed by atoms with van der Waals surface area (Å²) in [5, 5.41) is 6.19. The van der Waals surface area contributed by atoms with E-state index >= 15 is 0 Å². The van der Waals surface area contributed by atoms with Gasteiger partial charge in [0.15, 0.2) is 0 Å². The molecule has 0 saturated carbocycles. The largest absolute Gasteiger partial charge is 0.313 e.